The monoisotopic (exact) mass is 327 g/mol. The minimum absolute atomic E-state index is 0.152. The van der Waals surface area contributed by atoms with Gasteiger partial charge in [0.25, 0.3) is 5.91 Å². The highest BCUT2D eigenvalue weighted by Crippen LogP contribution is 2.30. The first kappa shape index (κ1) is 13.9. The maximum atomic E-state index is 12.5. The van der Waals surface area contributed by atoms with Crippen LogP contribution in [0.1, 0.15) is 29.8 Å². The smallest absolute Gasteiger partial charge is 0.253 e. The van der Waals surface area contributed by atoms with E-state index in [1.165, 1.54) is 0 Å². The van der Waals surface area contributed by atoms with Crippen molar-refractivity contribution in [1.82, 2.24) is 4.90 Å². The van der Waals surface area contributed by atoms with Crippen molar-refractivity contribution < 1.29 is 4.79 Å². The van der Waals surface area contributed by atoms with Crippen molar-refractivity contribution in [2.24, 2.45) is 0 Å². The Morgan fingerprint density at radius 1 is 1.44 bits per heavy atom. The molecule has 0 bridgehead atoms. The molecule has 0 radical (unpaired) electrons. The van der Waals surface area contributed by atoms with Crippen LogP contribution in [-0.4, -0.2) is 34.4 Å². The van der Waals surface area contributed by atoms with Gasteiger partial charge in [-0.15, -0.1) is 0 Å². The van der Waals surface area contributed by atoms with E-state index in [0.29, 0.717) is 0 Å². The van der Waals surface area contributed by atoms with Crippen LogP contribution >= 0.6 is 27.7 Å². The van der Waals surface area contributed by atoms with E-state index in [9.17, 15) is 4.79 Å². The Morgan fingerprint density at radius 2 is 2.17 bits per heavy atom. The Balaban J connectivity index is 2.18. The first-order valence-corrected chi connectivity index (χ1v) is 7.86. The van der Waals surface area contributed by atoms with Gasteiger partial charge in [-0.3, -0.25) is 4.79 Å². The molecule has 18 heavy (non-hydrogen) atoms. The zero-order valence-corrected chi connectivity index (χ0v) is 13.4. The lowest BCUT2D eigenvalue weighted by Crippen LogP contribution is -2.46. The summed E-state index contributed by atoms with van der Waals surface area (Å²) in [5.74, 6) is 1.17. The highest BCUT2D eigenvalue weighted by molar-refractivity contribution is 9.10. The number of rotatable bonds is 1. The lowest BCUT2D eigenvalue weighted by atomic mass is 10.1. The number of carbonyl (C=O) groups is 1. The lowest BCUT2D eigenvalue weighted by molar-refractivity contribution is 0.0748. The number of aryl methyl sites for hydroxylation is 1. The van der Waals surface area contributed by atoms with Crippen molar-refractivity contribution in [1.29, 1.82) is 0 Å². The van der Waals surface area contributed by atoms with Crippen LogP contribution in [0.4, 0.5) is 0 Å². The fraction of sp³-hybridized carbons (Fsp3) is 0.500. The lowest BCUT2D eigenvalue weighted by Gasteiger charge is -2.37. The van der Waals surface area contributed by atoms with Gasteiger partial charge in [-0.1, -0.05) is 15.9 Å². The van der Waals surface area contributed by atoms with Gasteiger partial charge in [0.2, 0.25) is 0 Å². The quantitative estimate of drug-likeness (QED) is 0.783. The molecule has 1 amide bonds. The third-order valence-corrected chi connectivity index (χ3v) is 5.30. The molecular weight excluding hydrogens is 310 g/mol. The first-order chi connectivity index (χ1) is 8.39. The number of hydrogen-bond acceptors (Lipinski definition) is 2. The van der Waals surface area contributed by atoms with E-state index in [4.69, 9.17) is 0 Å². The normalized spacial score (nSPS) is 18.8. The summed E-state index contributed by atoms with van der Waals surface area (Å²) in [6, 6.07) is 5.81. The molecule has 1 fully saturated rings. The molecule has 1 aromatic rings. The molecule has 1 aromatic carbocycles. The minimum Gasteiger partial charge on any atom is -0.336 e. The molecule has 0 saturated carbocycles. The van der Waals surface area contributed by atoms with Gasteiger partial charge in [0.1, 0.15) is 0 Å². The summed E-state index contributed by atoms with van der Waals surface area (Å²) in [5, 5.41) is 0. The molecule has 98 valence electrons. The van der Waals surface area contributed by atoms with Crippen molar-refractivity contribution in [2.45, 2.75) is 25.5 Å². The maximum absolute atomic E-state index is 12.5. The third-order valence-electron chi connectivity index (χ3n) is 3.12. The number of hydrogen-bond donors (Lipinski definition) is 0. The number of benzene rings is 1. The van der Waals surface area contributed by atoms with E-state index < -0.39 is 0 Å². The first-order valence-electron chi connectivity index (χ1n) is 6.08. The average molecular weight is 328 g/mol. The Bertz CT molecular complexity index is 473. The van der Waals surface area contributed by atoms with Crippen LogP contribution in [0.25, 0.3) is 0 Å². The number of carbonyl (C=O) groups excluding carboxylic acids is 1. The number of amides is 1. The van der Waals surface area contributed by atoms with Gasteiger partial charge in [0.05, 0.1) is 0 Å². The maximum Gasteiger partial charge on any atom is 0.253 e. The molecule has 0 spiro atoms. The van der Waals surface area contributed by atoms with Crippen molar-refractivity contribution >= 4 is 33.6 Å². The van der Waals surface area contributed by atoms with Crippen LogP contribution in [0.5, 0.6) is 0 Å². The SMILES string of the molecule is Cc1cc(C(=O)N2CCSC(C)(C)C2)ccc1Br. The van der Waals surface area contributed by atoms with E-state index in [-0.39, 0.29) is 10.7 Å². The number of halogens is 1. The molecular formula is C14H18BrNOS. The summed E-state index contributed by atoms with van der Waals surface area (Å²) in [6.07, 6.45) is 0. The molecule has 2 rings (SSSR count). The number of thioether (sulfide) groups is 1. The highest BCUT2D eigenvalue weighted by Gasteiger charge is 2.30. The van der Waals surface area contributed by atoms with E-state index >= 15 is 0 Å². The fourth-order valence-electron chi connectivity index (χ4n) is 2.15. The Morgan fingerprint density at radius 3 is 2.78 bits per heavy atom. The predicted octanol–water partition coefficient (Wildman–Crippen LogP) is 3.73. The van der Waals surface area contributed by atoms with Crippen LogP contribution in [0.2, 0.25) is 0 Å². The second-order valence-electron chi connectivity index (χ2n) is 5.30. The highest BCUT2D eigenvalue weighted by atomic mass is 79.9. The third kappa shape index (κ3) is 3.09. The van der Waals surface area contributed by atoms with Gasteiger partial charge >= 0.3 is 0 Å². The fourth-order valence-corrected chi connectivity index (χ4v) is 3.51. The summed E-state index contributed by atoms with van der Waals surface area (Å²) < 4.78 is 1.21. The molecule has 0 aliphatic carbocycles. The minimum atomic E-state index is 0.152. The van der Waals surface area contributed by atoms with Gasteiger partial charge in [-0.05, 0) is 44.5 Å². The summed E-state index contributed by atoms with van der Waals surface area (Å²) in [4.78, 5) is 14.4. The predicted molar refractivity (Wildman–Crippen MR) is 81.3 cm³/mol. The van der Waals surface area contributed by atoms with Gasteiger partial charge in [0.15, 0.2) is 0 Å². The second kappa shape index (κ2) is 5.25. The van der Waals surface area contributed by atoms with Gasteiger partial charge in [0, 0.05) is 33.6 Å². The standard InChI is InChI=1S/C14H18BrNOS/c1-10-8-11(4-5-12(10)15)13(17)16-6-7-18-14(2,3)9-16/h4-5,8H,6-7,9H2,1-3H3. The average Bonchev–Trinajstić information content (AvgIpc) is 2.30. The van der Waals surface area contributed by atoms with Crippen LogP contribution in [0.15, 0.2) is 22.7 Å². The summed E-state index contributed by atoms with van der Waals surface area (Å²) >= 11 is 5.41. The Kier molecular flexibility index (Phi) is 4.07. The largest absolute Gasteiger partial charge is 0.336 e. The van der Waals surface area contributed by atoms with Crippen LogP contribution in [0.3, 0.4) is 0 Å². The molecule has 1 aliphatic rings. The summed E-state index contributed by atoms with van der Waals surface area (Å²) in [5.41, 5.74) is 1.89. The van der Waals surface area contributed by atoms with E-state index in [1.54, 1.807) is 0 Å². The van der Waals surface area contributed by atoms with Gasteiger partial charge < -0.3 is 4.90 Å². The summed E-state index contributed by atoms with van der Waals surface area (Å²) in [7, 11) is 0. The van der Waals surface area contributed by atoms with E-state index in [1.807, 2.05) is 41.8 Å². The zero-order valence-electron chi connectivity index (χ0n) is 11.0. The molecule has 0 unspecified atom stereocenters. The molecule has 1 saturated heterocycles. The Labute approximate surface area is 121 Å². The van der Waals surface area contributed by atoms with Crippen molar-refractivity contribution in [3.63, 3.8) is 0 Å². The topological polar surface area (TPSA) is 20.3 Å². The van der Waals surface area contributed by atoms with Crippen molar-refractivity contribution in [3.8, 4) is 0 Å². The van der Waals surface area contributed by atoms with E-state index in [2.05, 4.69) is 29.8 Å². The molecule has 4 heteroatoms. The zero-order chi connectivity index (χ0) is 13.3. The van der Waals surface area contributed by atoms with Crippen LogP contribution < -0.4 is 0 Å². The van der Waals surface area contributed by atoms with Gasteiger partial charge in [-0.25, -0.2) is 0 Å². The van der Waals surface area contributed by atoms with Crippen LogP contribution in [0, 0.1) is 6.92 Å². The molecule has 0 N–H and O–H groups in total. The van der Waals surface area contributed by atoms with Crippen molar-refractivity contribution in [3.05, 3.63) is 33.8 Å². The molecule has 1 heterocycles. The Hall–Kier alpha value is -0.480. The number of nitrogens with zero attached hydrogens (tertiary/aromatic N) is 1. The van der Waals surface area contributed by atoms with Crippen LogP contribution in [-0.2, 0) is 0 Å². The summed E-state index contributed by atoms with van der Waals surface area (Å²) in [6.45, 7) is 8.08. The van der Waals surface area contributed by atoms with E-state index in [0.717, 1.165) is 34.4 Å². The molecule has 1 aliphatic heterocycles. The molecule has 0 atom stereocenters. The molecule has 2 nitrogen and oxygen atoms in total. The van der Waals surface area contributed by atoms with Crippen molar-refractivity contribution in [2.75, 3.05) is 18.8 Å². The van der Waals surface area contributed by atoms with Gasteiger partial charge in [-0.2, -0.15) is 11.8 Å². The second-order valence-corrected chi connectivity index (χ2v) is 7.96. The molecule has 0 aromatic heterocycles.